The first-order valence-electron chi connectivity index (χ1n) is 18.3. The molecule has 4 aliphatic rings. The van der Waals surface area contributed by atoms with Gasteiger partial charge in [-0.05, 0) is 113 Å². The van der Waals surface area contributed by atoms with Crippen LogP contribution in [0.15, 0.2) is 46.7 Å². The third-order valence-corrected chi connectivity index (χ3v) is 14.8. The molecule has 8 rings (SSSR count). The van der Waals surface area contributed by atoms with Gasteiger partial charge in [0.1, 0.15) is 5.75 Å². The Labute approximate surface area is 304 Å². The molecule has 2 aliphatic carbocycles. The smallest absolute Gasteiger partial charge is 0.275 e. The number of ether oxygens (including phenoxy) is 1. The van der Waals surface area contributed by atoms with Crippen molar-refractivity contribution >= 4 is 44.1 Å². The molecule has 2 saturated carbocycles. The SMILES string of the molecule is COc1ccc(-c2c(C3CCCCC3)c3ccc(C(=O)NS(=O)(=O)c4sc(C)nc4C)cc3n2CC2(C(=O)N3C4CCC3CN(C)C4)CC2)cc1. The van der Waals surface area contributed by atoms with Gasteiger partial charge in [-0.15, -0.1) is 11.3 Å². The summed E-state index contributed by atoms with van der Waals surface area (Å²) in [6.45, 7) is 5.71. The summed E-state index contributed by atoms with van der Waals surface area (Å²) in [5, 5.41) is 1.68. The molecule has 51 heavy (non-hydrogen) atoms. The van der Waals surface area contributed by atoms with E-state index in [1.54, 1.807) is 27.0 Å². The quantitative estimate of drug-likeness (QED) is 0.206. The van der Waals surface area contributed by atoms with Crippen LogP contribution >= 0.6 is 11.3 Å². The minimum atomic E-state index is -4.12. The van der Waals surface area contributed by atoms with E-state index in [2.05, 4.69) is 43.3 Å². The van der Waals surface area contributed by atoms with E-state index < -0.39 is 21.3 Å². The van der Waals surface area contributed by atoms with Crippen LogP contribution in [0.5, 0.6) is 5.75 Å². The number of likely N-dealkylation sites (tertiary alicyclic amines) is 1. The highest BCUT2D eigenvalue weighted by atomic mass is 32.2. The summed E-state index contributed by atoms with van der Waals surface area (Å²) in [7, 11) is -0.302. The molecule has 1 N–H and O–H groups in total. The largest absolute Gasteiger partial charge is 0.497 e. The third kappa shape index (κ3) is 6.16. The number of methoxy groups -OCH3 is 1. The summed E-state index contributed by atoms with van der Waals surface area (Å²) in [4.78, 5) is 37.3. The van der Waals surface area contributed by atoms with Crippen LogP contribution in [0.1, 0.15) is 90.3 Å². The standard InChI is InChI=1S/C39H47N5O5S2/c1-24-37(50-25(2)40-24)51(47,48)41-36(45)28-12-17-32-33(20-28)43(23-39(18-19-39)38(46)44-29-13-14-30(44)22-42(3)21-29)35(27-10-15-31(49-4)16-11-27)34(32)26-8-6-5-7-9-26/h10-12,15-17,20,26,29-30H,5-9,13-14,18-19,21-23H2,1-4H3,(H,41,45). The summed E-state index contributed by atoms with van der Waals surface area (Å²) < 4.78 is 36.9. The molecule has 2 aromatic heterocycles. The summed E-state index contributed by atoms with van der Waals surface area (Å²) in [5.41, 5.74) is 4.35. The molecule has 10 nitrogen and oxygen atoms in total. The predicted molar refractivity (Wildman–Crippen MR) is 199 cm³/mol. The van der Waals surface area contributed by atoms with Crippen LogP contribution in [0, 0.1) is 19.3 Å². The molecule has 4 aromatic rings. The highest BCUT2D eigenvalue weighted by Gasteiger charge is 2.56. The summed E-state index contributed by atoms with van der Waals surface area (Å²) in [6, 6.07) is 14.2. The zero-order valence-electron chi connectivity index (χ0n) is 29.9. The number of fused-ring (bicyclic) bond motifs is 3. The van der Waals surface area contributed by atoms with Crippen molar-refractivity contribution in [2.45, 2.75) is 100 Å². The number of benzene rings is 2. The number of hydrogen-bond donors (Lipinski definition) is 1. The van der Waals surface area contributed by atoms with Gasteiger partial charge < -0.3 is 19.1 Å². The molecule has 2 atom stereocenters. The molecule has 2 aliphatic heterocycles. The average molecular weight is 730 g/mol. The van der Waals surface area contributed by atoms with E-state index in [-0.39, 0.29) is 27.8 Å². The molecule has 2 aromatic carbocycles. The van der Waals surface area contributed by atoms with Crippen LogP contribution in [0.25, 0.3) is 22.2 Å². The van der Waals surface area contributed by atoms with Gasteiger partial charge in [0.2, 0.25) is 5.91 Å². The number of piperazine rings is 1. The minimum Gasteiger partial charge on any atom is -0.497 e. The Balaban J connectivity index is 1.25. The number of aromatic nitrogens is 2. The van der Waals surface area contributed by atoms with E-state index in [1.807, 2.05) is 24.3 Å². The zero-order chi connectivity index (χ0) is 35.7. The first-order valence-corrected chi connectivity index (χ1v) is 20.6. The molecule has 2 saturated heterocycles. The lowest BCUT2D eigenvalue weighted by Crippen LogP contribution is -2.56. The highest BCUT2D eigenvalue weighted by Crippen LogP contribution is 2.53. The van der Waals surface area contributed by atoms with Crippen LogP contribution < -0.4 is 9.46 Å². The van der Waals surface area contributed by atoms with Crippen LogP contribution in [-0.2, 0) is 21.4 Å². The first-order chi connectivity index (χ1) is 24.5. The average Bonchev–Trinajstić information content (AvgIpc) is 3.62. The number of aryl methyl sites for hydroxylation is 2. The summed E-state index contributed by atoms with van der Waals surface area (Å²) in [5.74, 6) is 0.676. The summed E-state index contributed by atoms with van der Waals surface area (Å²) >= 11 is 1.05. The number of thiazole rings is 1. The van der Waals surface area contributed by atoms with E-state index >= 15 is 0 Å². The fraction of sp³-hybridized carbons (Fsp3) is 0.513. The van der Waals surface area contributed by atoms with Crippen molar-refractivity contribution in [1.82, 2.24) is 24.1 Å². The van der Waals surface area contributed by atoms with Crippen molar-refractivity contribution in [3.05, 3.63) is 64.3 Å². The van der Waals surface area contributed by atoms with E-state index in [0.717, 1.165) is 104 Å². The maximum Gasteiger partial charge on any atom is 0.275 e. The Bertz CT molecular complexity index is 2100. The number of nitrogens with zero attached hydrogens (tertiary/aromatic N) is 4. The fourth-order valence-corrected chi connectivity index (χ4v) is 11.6. The molecule has 270 valence electrons. The van der Waals surface area contributed by atoms with Gasteiger partial charge >= 0.3 is 0 Å². The minimum absolute atomic E-state index is 0.0474. The Morgan fingerprint density at radius 1 is 0.980 bits per heavy atom. The van der Waals surface area contributed by atoms with Crippen LogP contribution in [0.2, 0.25) is 0 Å². The van der Waals surface area contributed by atoms with Crippen molar-refractivity contribution in [2.24, 2.45) is 5.41 Å². The number of carbonyl (C=O) groups is 2. The number of nitrogens with one attached hydrogen (secondary N) is 1. The van der Waals surface area contributed by atoms with Gasteiger partial charge in [0.25, 0.3) is 15.9 Å². The molecule has 0 radical (unpaired) electrons. The zero-order valence-corrected chi connectivity index (χ0v) is 31.5. The van der Waals surface area contributed by atoms with Gasteiger partial charge in [-0.25, -0.2) is 18.1 Å². The monoisotopic (exact) mass is 729 g/mol. The molecule has 0 spiro atoms. The highest BCUT2D eigenvalue weighted by molar-refractivity contribution is 7.92. The Kier molecular flexibility index (Phi) is 8.78. The lowest BCUT2D eigenvalue weighted by Gasteiger charge is -2.41. The number of amides is 2. The van der Waals surface area contributed by atoms with Crippen LogP contribution in [0.3, 0.4) is 0 Å². The Morgan fingerprint density at radius 3 is 2.27 bits per heavy atom. The third-order valence-electron chi connectivity index (χ3n) is 11.7. The van der Waals surface area contributed by atoms with Gasteiger partial charge in [0, 0.05) is 48.2 Å². The van der Waals surface area contributed by atoms with Crippen molar-refractivity contribution < 1.29 is 22.7 Å². The van der Waals surface area contributed by atoms with Gasteiger partial charge in [-0.2, -0.15) is 0 Å². The first kappa shape index (κ1) is 34.4. The second-order valence-electron chi connectivity index (χ2n) is 15.3. The Morgan fingerprint density at radius 2 is 1.67 bits per heavy atom. The fourth-order valence-electron chi connectivity index (χ4n) is 9.15. The maximum absolute atomic E-state index is 14.7. The second-order valence-corrected chi connectivity index (χ2v) is 18.4. The van der Waals surface area contributed by atoms with Gasteiger partial charge in [0.05, 0.1) is 28.9 Å². The van der Waals surface area contributed by atoms with Gasteiger partial charge in [-0.1, -0.05) is 25.3 Å². The van der Waals surface area contributed by atoms with E-state index in [9.17, 15) is 18.0 Å². The molecule has 4 fully saturated rings. The molecule has 2 unspecified atom stereocenters. The number of hydrogen-bond acceptors (Lipinski definition) is 8. The van der Waals surface area contributed by atoms with Gasteiger partial charge in [0.15, 0.2) is 4.21 Å². The van der Waals surface area contributed by atoms with Crippen molar-refractivity contribution in [1.29, 1.82) is 0 Å². The molecular formula is C39H47N5O5S2. The van der Waals surface area contributed by atoms with Gasteiger partial charge in [-0.3, -0.25) is 9.59 Å². The number of likely N-dealkylation sites (N-methyl/N-ethyl adjacent to an activating group) is 1. The normalized spacial score (nSPS) is 22.0. The molecule has 12 heteroatoms. The molecular weight excluding hydrogens is 683 g/mol. The van der Waals surface area contributed by atoms with E-state index in [0.29, 0.717) is 23.2 Å². The number of carbonyl (C=O) groups excluding carboxylic acids is 2. The van der Waals surface area contributed by atoms with Crippen molar-refractivity contribution in [3.8, 4) is 17.0 Å². The lowest BCUT2D eigenvalue weighted by atomic mass is 9.81. The molecule has 2 amide bonds. The van der Waals surface area contributed by atoms with Crippen molar-refractivity contribution in [3.63, 3.8) is 0 Å². The number of sulfonamides is 1. The second kappa shape index (κ2) is 13.0. The van der Waals surface area contributed by atoms with Crippen LogP contribution in [0.4, 0.5) is 0 Å². The van der Waals surface area contributed by atoms with E-state index in [1.165, 1.54) is 12.0 Å². The maximum atomic E-state index is 14.7. The molecule has 4 heterocycles. The van der Waals surface area contributed by atoms with Crippen molar-refractivity contribution in [2.75, 3.05) is 27.2 Å². The topological polar surface area (TPSA) is 114 Å². The Hall–Kier alpha value is -3.74. The van der Waals surface area contributed by atoms with E-state index in [4.69, 9.17) is 4.74 Å². The molecule has 2 bridgehead atoms. The summed E-state index contributed by atoms with van der Waals surface area (Å²) in [6.07, 6.45) is 9.42. The number of rotatable bonds is 9. The lowest BCUT2D eigenvalue weighted by molar-refractivity contribution is -0.143. The van der Waals surface area contributed by atoms with Crippen LogP contribution in [-0.4, -0.2) is 78.9 Å². The predicted octanol–water partition coefficient (Wildman–Crippen LogP) is 6.64.